The number of carbonyl (C=O) groups excluding carboxylic acids is 1. The predicted molar refractivity (Wildman–Crippen MR) is 77.5 cm³/mol. The molecule has 1 aromatic carbocycles. The molecule has 0 aliphatic heterocycles. The molecule has 19 heavy (non-hydrogen) atoms. The molecular weight excluding hydrogens is 280 g/mol. The highest BCUT2D eigenvalue weighted by molar-refractivity contribution is 7.18. The first-order valence-electron chi connectivity index (χ1n) is 5.58. The summed E-state index contributed by atoms with van der Waals surface area (Å²) in [5.41, 5.74) is 7.05. The van der Waals surface area contributed by atoms with Gasteiger partial charge in [0.1, 0.15) is 16.5 Å². The quantitative estimate of drug-likeness (QED) is 0.752. The molecule has 0 spiro atoms. The van der Waals surface area contributed by atoms with Crippen molar-refractivity contribution < 1.29 is 9.53 Å². The third kappa shape index (κ3) is 2.45. The summed E-state index contributed by atoms with van der Waals surface area (Å²) in [6, 6.07) is 9.52. The van der Waals surface area contributed by atoms with E-state index in [1.807, 2.05) is 24.3 Å². The minimum Gasteiger partial charge on any atom is -0.454 e. The molecule has 0 atom stereocenters. The van der Waals surface area contributed by atoms with Crippen molar-refractivity contribution in [1.82, 2.24) is 4.98 Å². The summed E-state index contributed by atoms with van der Waals surface area (Å²) in [7, 11) is 0. The topological polar surface area (TPSA) is 65.2 Å². The lowest BCUT2D eigenvalue weighted by atomic mass is 10.3. The number of thiophene rings is 1. The number of hydrogen-bond donors (Lipinski definition) is 1. The fourth-order valence-electron chi connectivity index (χ4n) is 1.66. The van der Waals surface area contributed by atoms with Crippen molar-refractivity contribution in [1.29, 1.82) is 0 Å². The first-order chi connectivity index (χ1) is 9.24. The van der Waals surface area contributed by atoms with Crippen LogP contribution in [0.3, 0.4) is 0 Å². The third-order valence-corrected chi connectivity index (χ3v) is 4.47. The summed E-state index contributed by atoms with van der Waals surface area (Å²) >= 11 is 2.81. The Hall–Kier alpha value is -1.92. The number of rotatable bonds is 3. The number of carbonyl (C=O) groups is 1. The zero-order chi connectivity index (χ0) is 13.2. The number of fused-ring (bicyclic) bond motifs is 1. The largest absolute Gasteiger partial charge is 0.454 e. The second-order valence-corrected chi connectivity index (χ2v) is 5.89. The summed E-state index contributed by atoms with van der Waals surface area (Å²) in [5.74, 6) is -0.397. The van der Waals surface area contributed by atoms with E-state index in [0.717, 1.165) is 15.2 Å². The fraction of sp³-hybridized carbons (Fsp3) is 0.0769. The average molecular weight is 290 g/mol. The van der Waals surface area contributed by atoms with Gasteiger partial charge in [0.25, 0.3) is 0 Å². The highest BCUT2D eigenvalue weighted by atomic mass is 32.1. The number of benzene rings is 1. The van der Waals surface area contributed by atoms with Gasteiger partial charge in [0.2, 0.25) is 0 Å². The fourth-order valence-corrected chi connectivity index (χ4v) is 3.25. The second-order valence-electron chi connectivity index (χ2n) is 3.86. The van der Waals surface area contributed by atoms with E-state index < -0.39 is 5.97 Å². The lowest BCUT2D eigenvalue weighted by Crippen LogP contribution is -2.05. The highest BCUT2D eigenvalue weighted by Crippen LogP contribution is 2.24. The molecule has 0 unspecified atom stereocenters. The monoisotopic (exact) mass is 290 g/mol. The van der Waals surface area contributed by atoms with Gasteiger partial charge in [0.15, 0.2) is 0 Å². The second kappa shape index (κ2) is 4.99. The Morgan fingerprint density at radius 2 is 2.16 bits per heavy atom. The van der Waals surface area contributed by atoms with Gasteiger partial charge in [-0.25, -0.2) is 9.78 Å². The first kappa shape index (κ1) is 12.1. The van der Waals surface area contributed by atoms with Gasteiger partial charge in [0.05, 0.1) is 15.9 Å². The normalized spacial score (nSPS) is 10.7. The van der Waals surface area contributed by atoms with Gasteiger partial charge < -0.3 is 10.5 Å². The average Bonchev–Trinajstić information content (AvgIpc) is 3.01. The number of nitrogens with two attached hydrogens (primary N) is 1. The molecule has 0 aliphatic rings. The van der Waals surface area contributed by atoms with E-state index in [4.69, 9.17) is 10.5 Å². The van der Waals surface area contributed by atoms with Crippen molar-refractivity contribution in [2.45, 2.75) is 6.61 Å². The minimum atomic E-state index is -0.397. The molecular formula is C13H10N2O2S2. The van der Waals surface area contributed by atoms with Gasteiger partial charge in [-0.2, -0.15) is 0 Å². The molecule has 2 N–H and O–H groups in total. The van der Waals surface area contributed by atoms with Crippen LogP contribution in [0.4, 0.5) is 5.69 Å². The Labute approximate surface area is 117 Å². The Morgan fingerprint density at radius 3 is 2.89 bits per heavy atom. The highest BCUT2D eigenvalue weighted by Gasteiger charge is 2.13. The number of anilines is 1. The van der Waals surface area contributed by atoms with E-state index in [1.54, 1.807) is 11.4 Å². The number of para-hydroxylation sites is 1. The molecule has 0 saturated carbocycles. The standard InChI is InChI=1S/C13H10N2O2S2/c14-8-5-6-18-12(8)13(16)17-7-11-15-9-3-1-2-4-10(9)19-11/h1-6H,7,14H2. The third-order valence-electron chi connectivity index (χ3n) is 2.55. The van der Waals surface area contributed by atoms with Gasteiger partial charge >= 0.3 is 5.97 Å². The molecule has 0 amide bonds. The van der Waals surface area contributed by atoms with Crippen molar-refractivity contribution in [3.05, 3.63) is 45.6 Å². The van der Waals surface area contributed by atoms with Crippen molar-refractivity contribution in [3.63, 3.8) is 0 Å². The summed E-state index contributed by atoms with van der Waals surface area (Å²) in [5, 5.41) is 2.55. The number of ether oxygens (including phenoxy) is 1. The van der Waals surface area contributed by atoms with Crippen LogP contribution in [0.25, 0.3) is 10.2 Å². The molecule has 3 aromatic rings. The van der Waals surface area contributed by atoms with Gasteiger partial charge in [0, 0.05) is 0 Å². The molecule has 0 radical (unpaired) electrons. The Bertz CT molecular complexity index is 700. The van der Waals surface area contributed by atoms with E-state index in [1.165, 1.54) is 22.7 Å². The van der Waals surface area contributed by atoms with Crippen molar-refractivity contribution >= 4 is 44.5 Å². The van der Waals surface area contributed by atoms with Crippen LogP contribution in [0, 0.1) is 0 Å². The van der Waals surface area contributed by atoms with E-state index >= 15 is 0 Å². The van der Waals surface area contributed by atoms with Crippen LogP contribution >= 0.6 is 22.7 Å². The molecule has 0 saturated heterocycles. The molecule has 3 rings (SSSR count). The van der Waals surface area contributed by atoms with Gasteiger partial charge in [-0.15, -0.1) is 22.7 Å². The van der Waals surface area contributed by atoms with Crippen LogP contribution < -0.4 is 5.73 Å². The number of nitrogen functional groups attached to an aromatic ring is 1. The minimum absolute atomic E-state index is 0.176. The maximum Gasteiger partial charge on any atom is 0.350 e. The van der Waals surface area contributed by atoms with Gasteiger partial charge in [-0.3, -0.25) is 0 Å². The molecule has 2 heterocycles. The van der Waals surface area contributed by atoms with E-state index in [0.29, 0.717) is 10.6 Å². The predicted octanol–water partition coefficient (Wildman–Crippen LogP) is 3.30. The number of nitrogens with zero attached hydrogens (tertiary/aromatic N) is 1. The summed E-state index contributed by atoms with van der Waals surface area (Å²) in [4.78, 5) is 16.6. The zero-order valence-electron chi connectivity index (χ0n) is 9.83. The Kier molecular flexibility index (Phi) is 3.18. The first-order valence-corrected chi connectivity index (χ1v) is 7.28. The number of hydrogen-bond acceptors (Lipinski definition) is 6. The number of esters is 1. The van der Waals surface area contributed by atoms with E-state index in [2.05, 4.69) is 4.98 Å². The molecule has 2 aromatic heterocycles. The number of thiazole rings is 1. The molecule has 96 valence electrons. The summed E-state index contributed by atoms with van der Waals surface area (Å²) < 4.78 is 6.31. The summed E-state index contributed by atoms with van der Waals surface area (Å²) in [6.45, 7) is 0.176. The van der Waals surface area contributed by atoms with E-state index in [9.17, 15) is 4.79 Å². The van der Waals surface area contributed by atoms with Crippen LogP contribution in [0.5, 0.6) is 0 Å². The molecule has 0 bridgehead atoms. The van der Waals surface area contributed by atoms with Crippen LogP contribution in [0.2, 0.25) is 0 Å². The molecule has 4 nitrogen and oxygen atoms in total. The zero-order valence-corrected chi connectivity index (χ0v) is 11.5. The molecule has 6 heteroatoms. The number of aromatic nitrogens is 1. The van der Waals surface area contributed by atoms with Crippen molar-refractivity contribution in [2.24, 2.45) is 0 Å². The van der Waals surface area contributed by atoms with Gasteiger partial charge in [-0.05, 0) is 23.6 Å². The lowest BCUT2D eigenvalue weighted by molar-refractivity contribution is 0.0479. The van der Waals surface area contributed by atoms with Crippen LogP contribution in [0.15, 0.2) is 35.7 Å². The maximum atomic E-state index is 11.8. The van der Waals surface area contributed by atoms with Crippen LogP contribution in [-0.2, 0) is 11.3 Å². The Morgan fingerprint density at radius 1 is 1.32 bits per heavy atom. The SMILES string of the molecule is Nc1ccsc1C(=O)OCc1nc2ccccc2s1. The smallest absolute Gasteiger partial charge is 0.350 e. The molecule has 0 aliphatic carbocycles. The maximum absolute atomic E-state index is 11.8. The van der Waals surface area contributed by atoms with E-state index in [-0.39, 0.29) is 6.61 Å². The van der Waals surface area contributed by atoms with Crippen molar-refractivity contribution in [3.8, 4) is 0 Å². The Balaban J connectivity index is 1.72. The summed E-state index contributed by atoms with van der Waals surface area (Å²) in [6.07, 6.45) is 0. The van der Waals surface area contributed by atoms with Crippen LogP contribution in [-0.4, -0.2) is 11.0 Å². The van der Waals surface area contributed by atoms with Gasteiger partial charge in [-0.1, -0.05) is 12.1 Å². The van der Waals surface area contributed by atoms with Crippen molar-refractivity contribution in [2.75, 3.05) is 5.73 Å². The molecule has 0 fully saturated rings. The lowest BCUT2D eigenvalue weighted by Gasteiger charge is -2.00. The van der Waals surface area contributed by atoms with Crippen LogP contribution in [0.1, 0.15) is 14.7 Å².